The van der Waals surface area contributed by atoms with Crippen molar-refractivity contribution in [2.45, 2.75) is 6.42 Å². The molecule has 3 heteroatoms. The van der Waals surface area contributed by atoms with Crippen LogP contribution in [-0.4, -0.2) is 24.9 Å². The molecule has 2 N–H and O–H groups in total. The van der Waals surface area contributed by atoms with Gasteiger partial charge < -0.3 is 10.6 Å². The van der Waals surface area contributed by atoms with E-state index in [0.717, 1.165) is 22.0 Å². The van der Waals surface area contributed by atoms with Crippen LogP contribution in [0.5, 0.6) is 0 Å². The molecule has 0 atom stereocenters. The number of rotatable bonds is 2. The molecule has 0 saturated carbocycles. The first-order chi connectivity index (χ1) is 8.09. The molecule has 17 heavy (non-hydrogen) atoms. The topological polar surface area (TPSA) is 46.3 Å². The zero-order valence-electron chi connectivity index (χ0n) is 10.1. The maximum atomic E-state index is 11.7. The van der Waals surface area contributed by atoms with Gasteiger partial charge in [-0.3, -0.25) is 4.79 Å². The van der Waals surface area contributed by atoms with Crippen LogP contribution in [-0.2, 0) is 11.2 Å². The molecule has 0 heterocycles. The lowest BCUT2D eigenvalue weighted by molar-refractivity contribution is -0.127. The van der Waals surface area contributed by atoms with Crippen molar-refractivity contribution in [1.29, 1.82) is 0 Å². The highest BCUT2D eigenvalue weighted by molar-refractivity contribution is 5.97. The Balaban J connectivity index is 2.48. The molecule has 0 aliphatic heterocycles. The number of nitrogen functional groups attached to an aromatic ring is 1. The van der Waals surface area contributed by atoms with E-state index in [1.165, 1.54) is 0 Å². The summed E-state index contributed by atoms with van der Waals surface area (Å²) in [7, 11) is 3.53. The number of hydrogen-bond acceptors (Lipinski definition) is 2. The molecule has 0 fully saturated rings. The first-order valence-corrected chi connectivity index (χ1v) is 5.56. The predicted molar refractivity (Wildman–Crippen MR) is 70.8 cm³/mol. The van der Waals surface area contributed by atoms with Gasteiger partial charge in [-0.1, -0.05) is 30.3 Å². The van der Waals surface area contributed by atoms with Crippen LogP contribution in [0, 0.1) is 0 Å². The van der Waals surface area contributed by atoms with E-state index in [1.807, 2.05) is 36.4 Å². The van der Waals surface area contributed by atoms with Crippen LogP contribution in [0.15, 0.2) is 36.4 Å². The normalized spacial score (nSPS) is 10.5. The van der Waals surface area contributed by atoms with E-state index < -0.39 is 0 Å². The maximum absolute atomic E-state index is 11.7. The minimum absolute atomic E-state index is 0.0972. The summed E-state index contributed by atoms with van der Waals surface area (Å²) >= 11 is 0. The number of anilines is 1. The third-order valence-electron chi connectivity index (χ3n) is 2.89. The van der Waals surface area contributed by atoms with Crippen LogP contribution in [0.2, 0.25) is 0 Å². The van der Waals surface area contributed by atoms with E-state index in [4.69, 9.17) is 5.73 Å². The number of fused-ring (bicyclic) bond motifs is 1. The summed E-state index contributed by atoms with van der Waals surface area (Å²) in [6.07, 6.45) is 0.411. The maximum Gasteiger partial charge on any atom is 0.226 e. The SMILES string of the molecule is CN(C)C(=O)Cc1ccc(N)c2ccccc12. The van der Waals surface area contributed by atoms with Crippen molar-refractivity contribution < 1.29 is 4.79 Å². The lowest BCUT2D eigenvalue weighted by Crippen LogP contribution is -2.23. The van der Waals surface area contributed by atoms with E-state index >= 15 is 0 Å². The summed E-state index contributed by atoms with van der Waals surface area (Å²) in [5, 5.41) is 2.07. The lowest BCUT2D eigenvalue weighted by Gasteiger charge is -2.12. The molecule has 0 radical (unpaired) electrons. The minimum atomic E-state index is 0.0972. The fraction of sp³-hybridized carbons (Fsp3) is 0.214. The van der Waals surface area contributed by atoms with Gasteiger partial charge in [-0.25, -0.2) is 0 Å². The number of nitrogens with two attached hydrogens (primary N) is 1. The molecule has 3 nitrogen and oxygen atoms in total. The van der Waals surface area contributed by atoms with Crippen molar-refractivity contribution in [3.05, 3.63) is 42.0 Å². The predicted octanol–water partition coefficient (Wildman–Crippen LogP) is 2.05. The summed E-state index contributed by atoms with van der Waals surface area (Å²) in [5.41, 5.74) is 7.69. The third-order valence-corrected chi connectivity index (χ3v) is 2.89. The lowest BCUT2D eigenvalue weighted by atomic mass is 10.0. The average molecular weight is 228 g/mol. The molecule has 0 aromatic heterocycles. The monoisotopic (exact) mass is 228 g/mol. The Bertz CT molecular complexity index is 561. The summed E-state index contributed by atoms with van der Waals surface area (Å²) in [5.74, 6) is 0.0972. The zero-order valence-corrected chi connectivity index (χ0v) is 10.1. The number of carbonyl (C=O) groups is 1. The van der Waals surface area contributed by atoms with Crippen LogP contribution in [0.1, 0.15) is 5.56 Å². The highest BCUT2D eigenvalue weighted by Gasteiger charge is 2.09. The number of amides is 1. The fourth-order valence-electron chi connectivity index (χ4n) is 1.86. The Labute approximate surface area is 101 Å². The van der Waals surface area contributed by atoms with Crippen LogP contribution in [0.4, 0.5) is 5.69 Å². The molecule has 2 aromatic rings. The molecule has 0 aliphatic carbocycles. The Kier molecular flexibility index (Phi) is 3.00. The van der Waals surface area contributed by atoms with E-state index in [0.29, 0.717) is 6.42 Å². The molecule has 0 aliphatic rings. The number of hydrogen-bond donors (Lipinski definition) is 1. The number of likely N-dealkylation sites (N-methyl/N-ethyl adjacent to an activating group) is 1. The highest BCUT2D eigenvalue weighted by Crippen LogP contribution is 2.24. The fourth-order valence-corrected chi connectivity index (χ4v) is 1.86. The molecule has 0 bridgehead atoms. The Morgan fingerprint density at radius 2 is 1.76 bits per heavy atom. The van der Waals surface area contributed by atoms with Crippen molar-refractivity contribution in [3.8, 4) is 0 Å². The quantitative estimate of drug-likeness (QED) is 0.800. The third kappa shape index (κ3) is 2.23. The second-order valence-corrected chi connectivity index (χ2v) is 4.32. The second kappa shape index (κ2) is 4.45. The van der Waals surface area contributed by atoms with E-state index in [2.05, 4.69) is 0 Å². The number of nitrogens with zero attached hydrogens (tertiary/aromatic N) is 1. The largest absolute Gasteiger partial charge is 0.398 e. The van der Waals surface area contributed by atoms with Crippen molar-refractivity contribution in [3.63, 3.8) is 0 Å². The van der Waals surface area contributed by atoms with Gasteiger partial charge in [0.25, 0.3) is 0 Å². The van der Waals surface area contributed by atoms with Crippen LogP contribution in [0.3, 0.4) is 0 Å². The molecular formula is C14H16N2O. The molecular weight excluding hydrogens is 212 g/mol. The van der Waals surface area contributed by atoms with E-state index in [1.54, 1.807) is 19.0 Å². The van der Waals surface area contributed by atoms with E-state index in [9.17, 15) is 4.79 Å². The Morgan fingerprint density at radius 1 is 1.12 bits per heavy atom. The summed E-state index contributed by atoms with van der Waals surface area (Å²) in [4.78, 5) is 13.3. The molecule has 0 unspecified atom stereocenters. The van der Waals surface area contributed by atoms with Gasteiger partial charge in [0.15, 0.2) is 0 Å². The van der Waals surface area contributed by atoms with E-state index in [-0.39, 0.29) is 5.91 Å². The molecule has 0 spiro atoms. The standard InChI is InChI=1S/C14H16N2O/c1-16(2)14(17)9-10-7-8-13(15)12-6-4-3-5-11(10)12/h3-8H,9,15H2,1-2H3. The van der Waals surface area contributed by atoms with Gasteiger partial charge >= 0.3 is 0 Å². The first-order valence-electron chi connectivity index (χ1n) is 5.56. The summed E-state index contributed by atoms with van der Waals surface area (Å²) in [6.45, 7) is 0. The summed E-state index contributed by atoms with van der Waals surface area (Å²) < 4.78 is 0. The van der Waals surface area contributed by atoms with Gasteiger partial charge in [0.2, 0.25) is 5.91 Å². The molecule has 2 rings (SSSR count). The Hall–Kier alpha value is -2.03. The summed E-state index contributed by atoms with van der Waals surface area (Å²) in [6, 6.07) is 11.7. The van der Waals surface area contributed by atoms with Gasteiger partial charge in [0, 0.05) is 25.2 Å². The van der Waals surface area contributed by atoms with Crippen molar-refractivity contribution in [2.24, 2.45) is 0 Å². The molecule has 1 amide bonds. The average Bonchev–Trinajstić information content (AvgIpc) is 2.33. The number of benzene rings is 2. The van der Waals surface area contributed by atoms with Gasteiger partial charge in [-0.2, -0.15) is 0 Å². The van der Waals surface area contributed by atoms with Crippen LogP contribution in [0.25, 0.3) is 10.8 Å². The molecule has 88 valence electrons. The first kappa shape index (κ1) is 11.5. The Morgan fingerprint density at radius 3 is 2.41 bits per heavy atom. The van der Waals surface area contributed by atoms with Crippen molar-refractivity contribution in [2.75, 3.05) is 19.8 Å². The van der Waals surface area contributed by atoms with Gasteiger partial charge in [-0.15, -0.1) is 0 Å². The smallest absolute Gasteiger partial charge is 0.226 e. The van der Waals surface area contributed by atoms with Gasteiger partial charge in [0.05, 0.1) is 6.42 Å². The van der Waals surface area contributed by atoms with Gasteiger partial charge in [-0.05, 0) is 17.0 Å². The highest BCUT2D eigenvalue weighted by atomic mass is 16.2. The molecule has 2 aromatic carbocycles. The second-order valence-electron chi connectivity index (χ2n) is 4.32. The molecule has 0 saturated heterocycles. The van der Waals surface area contributed by atoms with Crippen molar-refractivity contribution in [1.82, 2.24) is 4.90 Å². The van der Waals surface area contributed by atoms with Crippen LogP contribution >= 0.6 is 0 Å². The van der Waals surface area contributed by atoms with Gasteiger partial charge in [0.1, 0.15) is 0 Å². The van der Waals surface area contributed by atoms with Crippen molar-refractivity contribution >= 4 is 22.4 Å². The number of carbonyl (C=O) groups excluding carboxylic acids is 1. The zero-order chi connectivity index (χ0) is 12.4. The van der Waals surface area contributed by atoms with Crippen LogP contribution < -0.4 is 5.73 Å². The minimum Gasteiger partial charge on any atom is -0.398 e.